The topological polar surface area (TPSA) is 115 Å². The van der Waals surface area contributed by atoms with Gasteiger partial charge in [0.1, 0.15) is 5.82 Å². The summed E-state index contributed by atoms with van der Waals surface area (Å²) >= 11 is 0. The standard InChI is InChI=1S/C23H26N8O/c1-3-5-9-19(32)23-25-20(7-4-2)31(28-23)15-16-10-12-17(13-11-16)21-18(8-6-14-24-21)22-26-29-30-27-22/h6,8,10-14H,3-5,7,9,15H2,1-2H3,(H,26,27,29,30). The number of hydrogen-bond donors (Lipinski definition) is 1. The van der Waals surface area contributed by atoms with E-state index in [4.69, 9.17) is 0 Å². The molecule has 0 aliphatic rings. The van der Waals surface area contributed by atoms with Crippen molar-refractivity contribution in [2.45, 2.75) is 52.5 Å². The summed E-state index contributed by atoms with van der Waals surface area (Å²) in [6.45, 7) is 4.73. The van der Waals surface area contributed by atoms with Crippen LogP contribution in [0.3, 0.4) is 0 Å². The summed E-state index contributed by atoms with van der Waals surface area (Å²) in [6.07, 6.45) is 5.80. The number of Topliss-reactive ketones (excluding diaryl/α,β-unsaturated/α-hetero) is 1. The molecule has 0 aliphatic carbocycles. The highest BCUT2D eigenvalue weighted by Gasteiger charge is 2.16. The molecule has 164 valence electrons. The Labute approximate surface area is 186 Å². The van der Waals surface area contributed by atoms with E-state index in [2.05, 4.69) is 49.5 Å². The third-order valence-corrected chi connectivity index (χ3v) is 5.18. The third kappa shape index (κ3) is 4.77. The Morgan fingerprint density at radius 3 is 2.66 bits per heavy atom. The van der Waals surface area contributed by atoms with Crippen LogP contribution in [0.1, 0.15) is 61.5 Å². The minimum Gasteiger partial charge on any atom is -0.291 e. The van der Waals surface area contributed by atoms with Crippen LogP contribution >= 0.6 is 0 Å². The van der Waals surface area contributed by atoms with E-state index in [0.29, 0.717) is 24.6 Å². The van der Waals surface area contributed by atoms with Gasteiger partial charge < -0.3 is 0 Å². The smallest absolute Gasteiger partial charge is 0.217 e. The third-order valence-electron chi connectivity index (χ3n) is 5.18. The first-order valence-corrected chi connectivity index (χ1v) is 10.9. The largest absolute Gasteiger partial charge is 0.291 e. The van der Waals surface area contributed by atoms with Gasteiger partial charge in [0, 0.05) is 30.2 Å². The van der Waals surface area contributed by atoms with E-state index in [0.717, 1.165) is 53.9 Å². The van der Waals surface area contributed by atoms with Crippen molar-refractivity contribution >= 4 is 5.78 Å². The maximum atomic E-state index is 12.4. The van der Waals surface area contributed by atoms with E-state index < -0.39 is 0 Å². The zero-order chi connectivity index (χ0) is 22.3. The number of carbonyl (C=O) groups is 1. The predicted molar refractivity (Wildman–Crippen MR) is 120 cm³/mol. The van der Waals surface area contributed by atoms with Crippen LogP contribution in [0, 0.1) is 0 Å². The number of nitrogens with one attached hydrogen (secondary N) is 1. The van der Waals surface area contributed by atoms with Gasteiger partial charge in [-0.1, -0.05) is 44.5 Å². The molecule has 0 unspecified atom stereocenters. The number of hydrogen-bond acceptors (Lipinski definition) is 7. The van der Waals surface area contributed by atoms with Crippen molar-refractivity contribution < 1.29 is 4.79 Å². The second kappa shape index (κ2) is 10.0. The number of aryl methyl sites for hydroxylation is 1. The monoisotopic (exact) mass is 430 g/mol. The highest BCUT2D eigenvalue weighted by Crippen LogP contribution is 2.27. The molecule has 0 fully saturated rings. The molecule has 0 radical (unpaired) electrons. The van der Waals surface area contributed by atoms with Crippen LogP contribution in [0.5, 0.6) is 0 Å². The molecule has 0 saturated carbocycles. The van der Waals surface area contributed by atoms with Crippen molar-refractivity contribution in [3.8, 4) is 22.6 Å². The van der Waals surface area contributed by atoms with E-state index >= 15 is 0 Å². The minimum absolute atomic E-state index is 0.0162. The van der Waals surface area contributed by atoms with Gasteiger partial charge in [0.15, 0.2) is 0 Å². The molecular formula is C23H26N8O. The molecule has 0 bridgehead atoms. The maximum absolute atomic E-state index is 12.4. The summed E-state index contributed by atoms with van der Waals surface area (Å²) in [5, 5.41) is 18.8. The molecule has 3 heterocycles. The molecule has 1 aromatic carbocycles. The second-order valence-electron chi connectivity index (χ2n) is 7.62. The number of benzene rings is 1. The fourth-order valence-electron chi connectivity index (χ4n) is 3.51. The fourth-order valence-corrected chi connectivity index (χ4v) is 3.51. The molecule has 0 spiro atoms. The quantitative estimate of drug-likeness (QED) is 0.379. The van der Waals surface area contributed by atoms with Crippen LogP contribution < -0.4 is 0 Å². The number of pyridine rings is 1. The maximum Gasteiger partial charge on any atom is 0.217 e. The lowest BCUT2D eigenvalue weighted by molar-refractivity contribution is 0.0969. The molecule has 32 heavy (non-hydrogen) atoms. The lowest BCUT2D eigenvalue weighted by atomic mass is 10.0. The van der Waals surface area contributed by atoms with Gasteiger partial charge in [-0.2, -0.15) is 5.21 Å². The highest BCUT2D eigenvalue weighted by atomic mass is 16.1. The molecule has 4 rings (SSSR count). The van der Waals surface area contributed by atoms with E-state index in [1.807, 2.05) is 41.1 Å². The van der Waals surface area contributed by atoms with Crippen LogP contribution in [0.25, 0.3) is 22.6 Å². The SMILES string of the molecule is CCCCC(=O)c1nc(CCC)n(Cc2ccc(-c3ncccc3-c3nn[nH]n3)cc2)n1. The van der Waals surface area contributed by atoms with Gasteiger partial charge in [-0.15, -0.1) is 15.3 Å². The molecule has 0 aliphatic heterocycles. The Hall–Kier alpha value is -3.75. The summed E-state index contributed by atoms with van der Waals surface area (Å²) < 4.78 is 1.85. The van der Waals surface area contributed by atoms with Gasteiger partial charge in [0.05, 0.1) is 12.2 Å². The lowest BCUT2D eigenvalue weighted by Crippen LogP contribution is -2.08. The first kappa shape index (κ1) is 21.5. The van der Waals surface area contributed by atoms with E-state index in [1.165, 1.54) is 0 Å². The highest BCUT2D eigenvalue weighted by molar-refractivity contribution is 5.92. The van der Waals surface area contributed by atoms with Gasteiger partial charge in [0.25, 0.3) is 0 Å². The Morgan fingerprint density at radius 1 is 1.09 bits per heavy atom. The van der Waals surface area contributed by atoms with Crippen molar-refractivity contribution in [3.63, 3.8) is 0 Å². The number of ketones is 1. The van der Waals surface area contributed by atoms with Crippen molar-refractivity contribution in [3.05, 3.63) is 59.8 Å². The van der Waals surface area contributed by atoms with Crippen LogP contribution in [-0.2, 0) is 13.0 Å². The summed E-state index contributed by atoms with van der Waals surface area (Å²) in [5.74, 6) is 1.70. The van der Waals surface area contributed by atoms with Crippen molar-refractivity contribution in [2.24, 2.45) is 0 Å². The Morgan fingerprint density at radius 2 is 1.94 bits per heavy atom. The molecule has 3 aromatic heterocycles. The van der Waals surface area contributed by atoms with Gasteiger partial charge in [-0.05, 0) is 35.8 Å². The van der Waals surface area contributed by atoms with Gasteiger partial charge in [-0.3, -0.25) is 9.78 Å². The molecule has 0 atom stereocenters. The second-order valence-corrected chi connectivity index (χ2v) is 7.62. The average Bonchev–Trinajstić information content (AvgIpc) is 3.49. The number of unbranched alkanes of at least 4 members (excludes halogenated alkanes) is 1. The molecule has 4 aromatic rings. The minimum atomic E-state index is 0.0162. The number of nitrogens with zero attached hydrogens (tertiary/aromatic N) is 7. The molecule has 9 heteroatoms. The summed E-state index contributed by atoms with van der Waals surface area (Å²) in [5.41, 5.74) is 3.62. The van der Waals surface area contributed by atoms with Gasteiger partial charge in [-0.25, -0.2) is 9.67 Å². The van der Waals surface area contributed by atoms with E-state index in [1.54, 1.807) is 6.20 Å². The zero-order valence-corrected chi connectivity index (χ0v) is 18.3. The molecule has 9 nitrogen and oxygen atoms in total. The normalized spacial score (nSPS) is 11.1. The average molecular weight is 431 g/mol. The first-order valence-electron chi connectivity index (χ1n) is 10.9. The fraction of sp³-hybridized carbons (Fsp3) is 0.348. The number of H-pyrrole nitrogens is 1. The summed E-state index contributed by atoms with van der Waals surface area (Å²) in [4.78, 5) is 21.4. The number of aromatic amines is 1. The number of rotatable bonds is 10. The molecule has 1 N–H and O–H groups in total. The predicted octanol–water partition coefficient (Wildman–Crippen LogP) is 3.89. The summed E-state index contributed by atoms with van der Waals surface area (Å²) in [6, 6.07) is 11.9. The first-order chi connectivity index (χ1) is 15.7. The van der Waals surface area contributed by atoms with Crippen molar-refractivity contribution in [1.82, 2.24) is 40.4 Å². The number of tetrazole rings is 1. The van der Waals surface area contributed by atoms with E-state index in [9.17, 15) is 4.79 Å². The number of aromatic nitrogens is 8. The molecular weight excluding hydrogens is 404 g/mol. The Bertz CT molecular complexity index is 1170. The van der Waals surface area contributed by atoms with Crippen LogP contribution in [-0.4, -0.2) is 46.2 Å². The molecule has 0 saturated heterocycles. The lowest BCUT2D eigenvalue weighted by Gasteiger charge is -2.08. The van der Waals surface area contributed by atoms with Crippen molar-refractivity contribution in [1.29, 1.82) is 0 Å². The van der Waals surface area contributed by atoms with Crippen LogP contribution in [0.2, 0.25) is 0 Å². The van der Waals surface area contributed by atoms with E-state index in [-0.39, 0.29) is 5.78 Å². The number of carbonyl (C=O) groups excluding carboxylic acids is 1. The zero-order valence-electron chi connectivity index (χ0n) is 18.3. The summed E-state index contributed by atoms with van der Waals surface area (Å²) in [7, 11) is 0. The Balaban J connectivity index is 1.56. The van der Waals surface area contributed by atoms with Crippen LogP contribution in [0.15, 0.2) is 42.6 Å². The van der Waals surface area contributed by atoms with Crippen molar-refractivity contribution in [2.75, 3.05) is 0 Å². The van der Waals surface area contributed by atoms with Gasteiger partial charge >= 0.3 is 0 Å². The molecule has 0 amide bonds. The van der Waals surface area contributed by atoms with Crippen LogP contribution in [0.4, 0.5) is 0 Å². The Kier molecular flexibility index (Phi) is 6.74. The van der Waals surface area contributed by atoms with Gasteiger partial charge in [0.2, 0.25) is 17.4 Å².